The lowest BCUT2D eigenvalue weighted by atomic mass is 10.1. The number of amides is 3. The summed E-state index contributed by atoms with van der Waals surface area (Å²) in [5, 5.41) is 11.9. The molecule has 1 aromatic heterocycles. The summed E-state index contributed by atoms with van der Waals surface area (Å²) in [6.45, 7) is 7.00. The molecule has 1 fully saturated rings. The van der Waals surface area contributed by atoms with Gasteiger partial charge in [-0.3, -0.25) is 14.4 Å². The molecular weight excluding hydrogens is 504 g/mol. The van der Waals surface area contributed by atoms with E-state index in [0.29, 0.717) is 11.6 Å². The molecule has 1 atom stereocenters. The average Bonchev–Trinajstić information content (AvgIpc) is 2.94. The Morgan fingerprint density at radius 1 is 1.05 bits per heavy atom. The van der Waals surface area contributed by atoms with Crippen LogP contribution in [0.4, 0.5) is 10.6 Å². The first-order chi connectivity index (χ1) is 18.6. The van der Waals surface area contributed by atoms with E-state index in [9.17, 15) is 24.3 Å². The number of hydrogen-bond acceptors (Lipinski definition) is 8. The second-order valence-electron chi connectivity index (χ2n) is 9.48. The van der Waals surface area contributed by atoms with Crippen LogP contribution in [0.3, 0.4) is 0 Å². The third-order valence-corrected chi connectivity index (χ3v) is 6.48. The Bertz CT molecular complexity index is 1170. The van der Waals surface area contributed by atoms with Crippen molar-refractivity contribution in [3.8, 4) is 11.4 Å². The van der Waals surface area contributed by atoms with Crippen LogP contribution in [0, 0.1) is 0 Å². The molecule has 1 aromatic carbocycles. The zero-order valence-electron chi connectivity index (χ0n) is 22.8. The molecule has 0 aliphatic carbocycles. The van der Waals surface area contributed by atoms with Crippen LogP contribution in [-0.4, -0.2) is 101 Å². The Morgan fingerprint density at radius 3 is 2.28 bits per heavy atom. The largest absolute Gasteiger partial charge is 0.481 e. The van der Waals surface area contributed by atoms with Gasteiger partial charge in [0.2, 0.25) is 5.91 Å². The van der Waals surface area contributed by atoms with Crippen molar-refractivity contribution in [2.75, 3.05) is 44.7 Å². The molecule has 39 heavy (non-hydrogen) atoms. The van der Waals surface area contributed by atoms with Gasteiger partial charge in [-0.1, -0.05) is 30.3 Å². The van der Waals surface area contributed by atoms with Crippen molar-refractivity contribution in [3.63, 3.8) is 0 Å². The van der Waals surface area contributed by atoms with Gasteiger partial charge in [-0.15, -0.1) is 0 Å². The van der Waals surface area contributed by atoms with Gasteiger partial charge in [0.25, 0.3) is 5.91 Å². The van der Waals surface area contributed by atoms with Crippen LogP contribution in [0.2, 0.25) is 0 Å². The van der Waals surface area contributed by atoms with Crippen LogP contribution in [0.1, 0.15) is 44.1 Å². The number of hydrogen-bond donors (Lipinski definition) is 2. The topological polar surface area (TPSA) is 145 Å². The fourth-order valence-corrected chi connectivity index (χ4v) is 4.01. The molecule has 2 N–H and O–H groups in total. The summed E-state index contributed by atoms with van der Waals surface area (Å²) in [6.07, 6.45) is -0.840. The monoisotopic (exact) mass is 540 g/mol. The van der Waals surface area contributed by atoms with Crippen molar-refractivity contribution < 1.29 is 29.0 Å². The van der Waals surface area contributed by atoms with E-state index in [1.807, 2.05) is 56.1 Å². The van der Waals surface area contributed by atoms with Crippen molar-refractivity contribution in [1.82, 2.24) is 25.1 Å². The first-order valence-electron chi connectivity index (χ1n) is 13.0. The Kier molecular flexibility index (Phi) is 10.2. The Balaban J connectivity index is 1.83. The Morgan fingerprint density at radius 2 is 1.69 bits per heavy atom. The predicted molar refractivity (Wildman–Crippen MR) is 144 cm³/mol. The number of anilines is 1. The lowest BCUT2D eigenvalue weighted by molar-refractivity contribution is -0.138. The van der Waals surface area contributed by atoms with Gasteiger partial charge in [-0.2, -0.15) is 0 Å². The Labute approximate surface area is 228 Å². The van der Waals surface area contributed by atoms with Gasteiger partial charge in [0.05, 0.1) is 6.61 Å². The summed E-state index contributed by atoms with van der Waals surface area (Å²) in [6, 6.07) is 9.81. The molecule has 0 bridgehead atoms. The number of carboxylic acid groups (broad SMARTS) is 1. The molecule has 1 aliphatic rings. The van der Waals surface area contributed by atoms with E-state index in [4.69, 9.17) is 4.74 Å². The standard InChI is InChI=1S/C27H36N6O6/c1-5-39-27(38)33-15-13-32(14-16-33)26(37)20(11-12-23(34)35)29-25(36)21-17-22(31(4)18(2)3)30-24(28-21)19-9-7-6-8-10-19/h6-10,17-18,20H,5,11-16H2,1-4H3,(H,29,36)(H,34,35)/t20-/m0/s1. The number of carboxylic acids is 1. The van der Waals surface area contributed by atoms with Gasteiger partial charge in [0.15, 0.2) is 5.82 Å². The summed E-state index contributed by atoms with van der Waals surface area (Å²) in [5.41, 5.74) is 0.787. The van der Waals surface area contributed by atoms with E-state index >= 15 is 0 Å². The molecule has 0 unspecified atom stereocenters. The van der Waals surface area contributed by atoms with Crippen LogP contribution in [0.15, 0.2) is 36.4 Å². The van der Waals surface area contributed by atoms with E-state index in [2.05, 4.69) is 15.3 Å². The zero-order valence-corrected chi connectivity index (χ0v) is 22.8. The molecule has 2 aromatic rings. The molecule has 1 saturated heterocycles. The number of aliphatic carboxylic acids is 1. The SMILES string of the molecule is CCOC(=O)N1CCN(C(=O)[C@H](CCC(=O)O)NC(=O)c2cc(N(C)C(C)C)nc(-c3ccccc3)n2)CC1. The molecule has 0 spiro atoms. The second kappa shape index (κ2) is 13.5. The minimum absolute atomic E-state index is 0.0617. The number of rotatable bonds is 10. The number of nitrogens with zero attached hydrogens (tertiary/aromatic N) is 5. The fraction of sp³-hybridized carbons (Fsp3) is 0.481. The van der Waals surface area contributed by atoms with Crippen LogP contribution < -0.4 is 10.2 Å². The van der Waals surface area contributed by atoms with Crippen molar-refractivity contribution >= 4 is 29.7 Å². The van der Waals surface area contributed by atoms with Crippen LogP contribution in [0.25, 0.3) is 11.4 Å². The minimum Gasteiger partial charge on any atom is -0.481 e. The first-order valence-corrected chi connectivity index (χ1v) is 13.0. The molecule has 210 valence electrons. The number of ether oxygens (including phenoxy) is 1. The highest BCUT2D eigenvalue weighted by atomic mass is 16.6. The van der Waals surface area contributed by atoms with Crippen molar-refractivity contribution in [3.05, 3.63) is 42.1 Å². The van der Waals surface area contributed by atoms with Gasteiger partial charge in [-0.25, -0.2) is 14.8 Å². The maximum Gasteiger partial charge on any atom is 0.409 e. The normalized spacial score (nSPS) is 14.1. The third-order valence-electron chi connectivity index (χ3n) is 6.48. The summed E-state index contributed by atoms with van der Waals surface area (Å²) < 4.78 is 5.02. The molecule has 2 heterocycles. The highest BCUT2D eigenvalue weighted by molar-refractivity contribution is 5.97. The molecule has 3 amide bonds. The molecular formula is C27H36N6O6. The molecule has 1 aliphatic heterocycles. The van der Waals surface area contributed by atoms with E-state index < -0.39 is 29.9 Å². The van der Waals surface area contributed by atoms with Crippen LogP contribution >= 0.6 is 0 Å². The molecule has 12 heteroatoms. The zero-order chi connectivity index (χ0) is 28.5. The predicted octanol–water partition coefficient (Wildman–Crippen LogP) is 2.25. The highest BCUT2D eigenvalue weighted by Gasteiger charge is 2.31. The van der Waals surface area contributed by atoms with Gasteiger partial charge in [0.1, 0.15) is 17.6 Å². The summed E-state index contributed by atoms with van der Waals surface area (Å²) in [4.78, 5) is 64.1. The number of carbonyl (C=O) groups excluding carboxylic acids is 3. The number of carbonyl (C=O) groups is 4. The highest BCUT2D eigenvalue weighted by Crippen LogP contribution is 2.21. The van der Waals surface area contributed by atoms with Crippen molar-refractivity contribution in [2.45, 2.75) is 45.7 Å². The molecule has 0 radical (unpaired) electrons. The van der Waals surface area contributed by atoms with E-state index in [-0.39, 0.29) is 57.4 Å². The molecule has 12 nitrogen and oxygen atoms in total. The number of piperazine rings is 1. The summed E-state index contributed by atoms with van der Waals surface area (Å²) in [5.74, 6) is -1.21. The lowest BCUT2D eigenvalue weighted by Gasteiger charge is -2.36. The van der Waals surface area contributed by atoms with E-state index in [1.54, 1.807) is 13.0 Å². The lowest BCUT2D eigenvalue weighted by Crippen LogP contribution is -2.56. The maximum atomic E-state index is 13.4. The van der Waals surface area contributed by atoms with Crippen molar-refractivity contribution in [1.29, 1.82) is 0 Å². The smallest absolute Gasteiger partial charge is 0.409 e. The Hall–Kier alpha value is -4.22. The van der Waals surface area contributed by atoms with Gasteiger partial charge in [0, 0.05) is 57.3 Å². The quantitative estimate of drug-likeness (QED) is 0.463. The molecule has 0 saturated carbocycles. The number of benzene rings is 1. The molecule has 3 rings (SSSR count). The fourth-order valence-electron chi connectivity index (χ4n) is 4.01. The van der Waals surface area contributed by atoms with E-state index in [1.165, 1.54) is 9.80 Å². The first kappa shape index (κ1) is 29.3. The maximum absolute atomic E-state index is 13.4. The number of nitrogens with one attached hydrogen (secondary N) is 1. The van der Waals surface area contributed by atoms with Crippen LogP contribution in [-0.2, 0) is 14.3 Å². The van der Waals surface area contributed by atoms with E-state index in [0.717, 1.165) is 5.56 Å². The summed E-state index contributed by atoms with van der Waals surface area (Å²) >= 11 is 0. The van der Waals surface area contributed by atoms with Gasteiger partial charge < -0.3 is 29.9 Å². The minimum atomic E-state index is -1.08. The van der Waals surface area contributed by atoms with Gasteiger partial charge in [-0.05, 0) is 27.2 Å². The second-order valence-corrected chi connectivity index (χ2v) is 9.48. The summed E-state index contributed by atoms with van der Waals surface area (Å²) in [7, 11) is 1.86. The number of aromatic nitrogens is 2. The third kappa shape index (κ3) is 7.88. The van der Waals surface area contributed by atoms with Crippen LogP contribution in [0.5, 0.6) is 0 Å². The van der Waals surface area contributed by atoms with Crippen molar-refractivity contribution in [2.24, 2.45) is 0 Å². The average molecular weight is 541 g/mol. The van der Waals surface area contributed by atoms with Gasteiger partial charge >= 0.3 is 12.1 Å².